The van der Waals surface area contributed by atoms with Gasteiger partial charge in [-0.05, 0) is 57.6 Å². The van der Waals surface area contributed by atoms with Crippen molar-refractivity contribution < 1.29 is 9.50 Å². The molecular weight excluding hydrogens is 465 g/mol. The van der Waals surface area contributed by atoms with Crippen LogP contribution in [0.15, 0.2) is 29.8 Å². The van der Waals surface area contributed by atoms with Gasteiger partial charge in [-0.15, -0.1) is 21.5 Å². The van der Waals surface area contributed by atoms with Crippen LogP contribution in [0.4, 0.5) is 10.2 Å². The third-order valence-corrected chi connectivity index (χ3v) is 8.30. The minimum atomic E-state index is -0.963. The Balaban J connectivity index is 1.26. The fraction of sp³-hybridized carbons (Fsp3) is 0.480. The molecule has 2 aromatic heterocycles. The number of halogens is 1. The summed E-state index contributed by atoms with van der Waals surface area (Å²) in [5.41, 5.74) is 1.46. The van der Waals surface area contributed by atoms with Crippen molar-refractivity contribution in [3.05, 3.63) is 35.5 Å². The maximum atomic E-state index is 15.6. The van der Waals surface area contributed by atoms with E-state index in [1.54, 1.807) is 23.7 Å². The molecular formula is C25H26FN7OS. The Morgan fingerprint density at radius 3 is 2.83 bits per heavy atom. The van der Waals surface area contributed by atoms with Gasteiger partial charge in [0, 0.05) is 28.6 Å². The Kier molecular flexibility index (Phi) is 5.42. The van der Waals surface area contributed by atoms with E-state index in [1.165, 1.54) is 11.3 Å². The van der Waals surface area contributed by atoms with Crippen LogP contribution in [0.1, 0.15) is 51.1 Å². The van der Waals surface area contributed by atoms with E-state index in [-0.39, 0.29) is 29.4 Å². The number of thiazole rings is 1. The number of piperidine rings is 2. The summed E-state index contributed by atoms with van der Waals surface area (Å²) in [5, 5.41) is 34.3. The van der Waals surface area contributed by atoms with E-state index in [0.717, 1.165) is 38.5 Å². The number of phenols is 1. The van der Waals surface area contributed by atoms with Gasteiger partial charge in [-0.2, -0.15) is 5.26 Å². The molecule has 0 unspecified atom stereocenters. The highest BCUT2D eigenvalue weighted by Crippen LogP contribution is 2.42. The second-order valence-corrected chi connectivity index (χ2v) is 10.9. The molecule has 2 N–H and O–H groups in total. The number of nitrogens with one attached hydrogen (secondary N) is 1. The SMILES string of the molecule is C[C@]12CCC[C@@H](N1)[C@H](F)[C@H](N(c1cnc(-c3ccc(-c4nc(C#N)cs4)cc3O)nn1)C1CC1)C2. The number of anilines is 1. The molecule has 3 aromatic rings. The number of aromatic nitrogens is 4. The van der Waals surface area contributed by atoms with Gasteiger partial charge in [0.05, 0.1) is 17.8 Å². The van der Waals surface area contributed by atoms with Crippen molar-refractivity contribution in [2.45, 2.75) is 75.3 Å². The van der Waals surface area contributed by atoms with Gasteiger partial charge in [-0.3, -0.25) is 0 Å². The fourth-order valence-corrected chi connectivity index (χ4v) is 6.34. The molecule has 180 valence electrons. The number of phenolic OH excluding ortho intramolecular Hbond substituents is 1. The van der Waals surface area contributed by atoms with Crippen LogP contribution in [-0.4, -0.2) is 55.1 Å². The molecule has 2 aliphatic heterocycles. The van der Waals surface area contributed by atoms with Crippen molar-refractivity contribution in [2.24, 2.45) is 0 Å². The third-order valence-electron chi connectivity index (χ3n) is 7.41. The second-order valence-electron chi connectivity index (χ2n) is 10.1. The average molecular weight is 492 g/mol. The summed E-state index contributed by atoms with van der Waals surface area (Å²) in [6.07, 6.45) is 6.45. The molecule has 0 radical (unpaired) electrons. The summed E-state index contributed by atoms with van der Waals surface area (Å²) in [6, 6.07) is 7.04. The van der Waals surface area contributed by atoms with Crippen molar-refractivity contribution in [3.8, 4) is 33.8 Å². The summed E-state index contributed by atoms with van der Waals surface area (Å²) in [7, 11) is 0. The second kappa shape index (κ2) is 8.50. The number of benzene rings is 1. The summed E-state index contributed by atoms with van der Waals surface area (Å²) in [6.45, 7) is 2.20. The molecule has 10 heteroatoms. The lowest BCUT2D eigenvalue weighted by Gasteiger charge is -2.52. The van der Waals surface area contributed by atoms with Gasteiger partial charge in [0.25, 0.3) is 0 Å². The Labute approximate surface area is 206 Å². The van der Waals surface area contributed by atoms with Gasteiger partial charge in [0.1, 0.15) is 23.0 Å². The van der Waals surface area contributed by atoms with Crippen LogP contribution < -0.4 is 10.2 Å². The van der Waals surface area contributed by atoms with Gasteiger partial charge in [0.2, 0.25) is 0 Å². The predicted octanol–water partition coefficient (Wildman–Crippen LogP) is 4.22. The first kappa shape index (κ1) is 22.3. The van der Waals surface area contributed by atoms with E-state index in [0.29, 0.717) is 33.5 Å². The largest absolute Gasteiger partial charge is 0.507 e. The Bertz CT molecular complexity index is 1290. The summed E-state index contributed by atoms with van der Waals surface area (Å²) in [5.74, 6) is 0.902. The molecule has 1 aromatic carbocycles. The topological polar surface area (TPSA) is 111 Å². The maximum absolute atomic E-state index is 15.6. The molecule has 35 heavy (non-hydrogen) atoms. The first-order valence-electron chi connectivity index (χ1n) is 12.0. The van der Waals surface area contributed by atoms with Crippen LogP contribution in [0, 0.1) is 11.3 Å². The molecule has 2 saturated heterocycles. The molecule has 4 heterocycles. The van der Waals surface area contributed by atoms with E-state index in [9.17, 15) is 5.11 Å². The lowest BCUT2D eigenvalue weighted by atomic mass is 9.74. The van der Waals surface area contributed by atoms with Crippen LogP contribution in [-0.2, 0) is 0 Å². The molecule has 0 spiro atoms. The zero-order valence-electron chi connectivity index (χ0n) is 19.4. The first-order chi connectivity index (χ1) is 16.9. The molecule has 8 nitrogen and oxygen atoms in total. The molecule has 3 fully saturated rings. The minimum Gasteiger partial charge on any atom is -0.507 e. The van der Waals surface area contributed by atoms with Gasteiger partial charge in [0.15, 0.2) is 17.3 Å². The third kappa shape index (κ3) is 4.13. The number of hydrogen-bond acceptors (Lipinski definition) is 9. The summed E-state index contributed by atoms with van der Waals surface area (Å²) >= 11 is 1.34. The van der Waals surface area contributed by atoms with E-state index >= 15 is 4.39 Å². The normalized spacial score (nSPS) is 27.9. The molecule has 1 aliphatic carbocycles. The predicted molar refractivity (Wildman–Crippen MR) is 131 cm³/mol. The standard InChI is InChI=1S/C25H26FN7OS/c1-25-8-2-3-18(30-25)22(26)19(10-25)33(16-5-6-16)21-12-28-23(32-31-21)17-7-4-14(9-20(17)34)24-29-15(11-27)13-35-24/h4,7,9,12-13,16,18-19,22,30,34H,2-3,5-6,8,10H2,1H3/t18-,19-,22+,25-/m1/s1. The number of nitrogens with zero attached hydrogens (tertiary/aromatic N) is 6. The van der Waals surface area contributed by atoms with Crippen molar-refractivity contribution >= 4 is 17.2 Å². The summed E-state index contributed by atoms with van der Waals surface area (Å²) in [4.78, 5) is 10.8. The average Bonchev–Trinajstić information content (AvgIpc) is 3.57. The van der Waals surface area contributed by atoms with Crippen LogP contribution in [0.2, 0.25) is 0 Å². The maximum Gasteiger partial charge on any atom is 0.185 e. The Morgan fingerprint density at radius 2 is 2.14 bits per heavy atom. The zero-order chi connectivity index (χ0) is 24.2. The zero-order valence-corrected chi connectivity index (χ0v) is 20.2. The highest BCUT2D eigenvalue weighted by Gasteiger charge is 2.50. The molecule has 2 bridgehead atoms. The van der Waals surface area contributed by atoms with E-state index in [2.05, 4.69) is 37.3 Å². The van der Waals surface area contributed by atoms with Gasteiger partial charge in [-0.1, -0.05) is 6.07 Å². The Morgan fingerprint density at radius 1 is 1.29 bits per heavy atom. The van der Waals surface area contributed by atoms with Gasteiger partial charge in [-0.25, -0.2) is 14.4 Å². The van der Waals surface area contributed by atoms with Crippen molar-refractivity contribution in [2.75, 3.05) is 4.90 Å². The monoisotopic (exact) mass is 491 g/mol. The smallest absolute Gasteiger partial charge is 0.185 e. The number of aromatic hydroxyl groups is 1. The van der Waals surface area contributed by atoms with Crippen LogP contribution in [0.5, 0.6) is 5.75 Å². The van der Waals surface area contributed by atoms with Crippen molar-refractivity contribution in [1.82, 2.24) is 25.5 Å². The number of rotatable bonds is 5. The quantitative estimate of drug-likeness (QED) is 0.546. The van der Waals surface area contributed by atoms with Crippen molar-refractivity contribution in [3.63, 3.8) is 0 Å². The first-order valence-corrected chi connectivity index (χ1v) is 12.9. The number of nitriles is 1. The van der Waals surface area contributed by atoms with E-state index in [4.69, 9.17) is 5.26 Å². The van der Waals surface area contributed by atoms with Crippen LogP contribution >= 0.6 is 11.3 Å². The van der Waals surface area contributed by atoms with E-state index in [1.807, 2.05) is 12.1 Å². The van der Waals surface area contributed by atoms with Gasteiger partial charge < -0.3 is 15.3 Å². The van der Waals surface area contributed by atoms with Crippen LogP contribution in [0.25, 0.3) is 22.0 Å². The molecule has 1 saturated carbocycles. The molecule has 3 aliphatic rings. The molecule has 4 atom stereocenters. The summed E-state index contributed by atoms with van der Waals surface area (Å²) < 4.78 is 15.6. The lowest BCUT2D eigenvalue weighted by Crippen LogP contribution is -2.67. The fourth-order valence-electron chi connectivity index (χ4n) is 5.60. The highest BCUT2D eigenvalue weighted by atomic mass is 32.1. The number of hydrogen-bond donors (Lipinski definition) is 2. The van der Waals surface area contributed by atoms with Crippen LogP contribution in [0.3, 0.4) is 0 Å². The van der Waals surface area contributed by atoms with E-state index < -0.39 is 6.17 Å². The lowest BCUT2D eigenvalue weighted by molar-refractivity contribution is 0.0584. The highest BCUT2D eigenvalue weighted by molar-refractivity contribution is 7.13. The van der Waals surface area contributed by atoms with Crippen molar-refractivity contribution in [1.29, 1.82) is 5.26 Å². The number of fused-ring (bicyclic) bond motifs is 2. The Hall–Kier alpha value is -3.16. The van der Waals surface area contributed by atoms with Gasteiger partial charge >= 0.3 is 0 Å². The molecule has 6 rings (SSSR count). The minimum absolute atomic E-state index is 0.00716. The number of alkyl halides is 1. The molecule has 0 amide bonds.